The van der Waals surface area contributed by atoms with E-state index in [0.29, 0.717) is 12.2 Å². The number of benzene rings is 6. The summed E-state index contributed by atoms with van der Waals surface area (Å²) in [6.45, 7) is 10.5. The van der Waals surface area contributed by atoms with Crippen LogP contribution in [0.5, 0.6) is 0 Å². The second-order valence-electron chi connectivity index (χ2n) is 12.8. The topological polar surface area (TPSA) is 26.3 Å². The minimum absolute atomic E-state index is 0.0513. The molecule has 0 spiro atoms. The van der Waals surface area contributed by atoms with Crippen molar-refractivity contribution in [3.63, 3.8) is 0 Å². The highest BCUT2D eigenvalue weighted by Crippen LogP contribution is 2.51. The van der Waals surface area contributed by atoms with Crippen LogP contribution in [0.15, 0.2) is 127 Å². The van der Waals surface area contributed by atoms with Crippen molar-refractivity contribution >= 4 is 27.5 Å². The van der Waals surface area contributed by atoms with Crippen LogP contribution in [0.4, 0.5) is 0 Å². The van der Waals surface area contributed by atoms with Crippen LogP contribution in [0.25, 0.3) is 54.9 Å². The minimum atomic E-state index is -0.310. The first kappa shape index (κ1) is 28.8. The van der Waals surface area contributed by atoms with E-state index in [2.05, 4.69) is 136 Å². The van der Waals surface area contributed by atoms with Crippen LogP contribution in [0.1, 0.15) is 50.3 Å². The molecule has 0 unspecified atom stereocenters. The van der Waals surface area contributed by atoms with Crippen LogP contribution >= 0.6 is 0 Å². The lowest BCUT2D eigenvalue weighted by atomic mass is 9.80. The van der Waals surface area contributed by atoms with Crippen LogP contribution in [-0.2, 0) is 21.4 Å². The Morgan fingerprint density at radius 1 is 0.644 bits per heavy atom. The third-order valence-corrected chi connectivity index (χ3v) is 9.49. The van der Waals surface area contributed by atoms with Gasteiger partial charge in [0.1, 0.15) is 0 Å². The van der Waals surface area contributed by atoms with Gasteiger partial charge in [-0.15, -0.1) is 0 Å². The van der Waals surface area contributed by atoms with Gasteiger partial charge >= 0.3 is 5.97 Å². The van der Waals surface area contributed by atoms with Gasteiger partial charge in [-0.05, 0) is 104 Å². The van der Waals surface area contributed by atoms with Gasteiger partial charge in [0, 0.05) is 11.0 Å². The second-order valence-corrected chi connectivity index (χ2v) is 12.8. The van der Waals surface area contributed by atoms with Gasteiger partial charge in [-0.3, -0.25) is 0 Å². The van der Waals surface area contributed by atoms with Crippen molar-refractivity contribution < 1.29 is 9.53 Å². The molecule has 0 amide bonds. The summed E-state index contributed by atoms with van der Waals surface area (Å²) < 4.78 is 5.25. The number of aryl methyl sites for hydroxylation is 1. The molecule has 1 aliphatic rings. The van der Waals surface area contributed by atoms with Gasteiger partial charge in [-0.1, -0.05) is 130 Å². The van der Waals surface area contributed by atoms with E-state index < -0.39 is 0 Å². The molecule has 0 atom stereocenters. The molecule has 0 bridgehead atoms. The third-order valence-electron chi connectivity index (χ3n) is 9.49. The fourth-order valence-corrected chi connectivity index (χ4v) is 7.17. The second kappa shape index (κ2) is 11.5. The molecular weight excluding hydrogens is 548 g/mol. The van der Waals surface area contributed by atoms with E-state index in [-0.39, 0.29) is 11.4 Å². The van der Waals surface area contributed by atoms with Crippen molar-refractivity contribution in [2.24, 2.45) is 0 Å². The molecule has 6 aromatic rings. The maximum absolute atomic E-state index is 11.6. The number of carbonyl (C=O) groups is 1. The van der Waals surface area contributed by atoms with E-state index in [1.54, 1.807) is 6.92 Å². The van der Waals surface area contributed by atoms with Gasteiger partial charge in [0.2, 0.25) is 0 Å². The summed E-state index contributed by atoms with van der Waals surface area (Å²) in [5.41, 5.74) is 12.2. The highest BCUT2D eigenvalue weighted by Gasteiger charge is 2.35. The molecule has 7 rings (SSSR count). The number of carbonyl (C=O) groups excluding carboxylic acids is 1. The first-order valence-electron chi connectivity index (χ1n) is 15.9. The Labute approximate surface area is 266 Å². The zero-order valence-corrected chi connectivity index (χ0v) is 26.3. The van der Waals surface area contributed by atoms with E-state index in [1.807, 2.05) is 0 Å². The van der Waals surface area contributed by atoms with Gasteiger partial charge in [0.25, 0.3) is 0 Å². The summed E-state index contributed by atoms with van der Waals surface area (Å²) >= 11 is 0. The highest BCUT2D eigenvalue weighted by molar-refractivity contribution is 6.21. The summed E-state index contributed by atoms with van der Waals surface area (Å²) in [4.78, 5) is 11.6. The molecule has 0 aliphatic heterocycles. The number of rotatable bonds is 8. The molecule has 0 heterocycles. The van der Waals surface area contributed by atoms with E-state index in [0.717, 1.165) is 19.3 Å². The molecule has 2 nitrogen and oxygen atoms in total. The Hall–Kier alpha value is -4.95. The summed E-state index contributed by atoms with van der Waals surface area (Å²) in [5, 5.41) is 5.07. The third kappa shape index (κ3) is 5.05. The number of fused-ring (bicyclic) bond motifs is 5. The molecule has 0 saturated carbocycles. The van der Waals surface area contributed by atoms with Crippen molar-refractivity contribution in [2.75, 3.05) is 6.61 Å². The van der Waals surface area contributed by atoms with Gasteiger partial charge in [-0.25, -0.2) is 4.79 Å². The lowest BCUT2D eigenvalue weighted by Crippen LogP contribution is -2.14. The fourth-order valence-electron chi connectivity index (χ4n) is 7.17. The van der Waals surface area contributed by atoms with Crippen molar-refractivity contribution in [1.82, 2.24) is 0 Å². The smallest absolute Gasteiger partial charge is 0.333 e. The maximum Gasteiger partial charge on any atom is 0.333 e. The van der Waals surface area contributed by atoms with Gasteiger partial charge in [0.05, 0.1) is 6.61 Å². The summed E-state index contributed by atoms with van der Waals surface area (Å²) in [6.07, 6.45) is 2.75. The van der Waals surface area contributed by atoms with E-state index >= 15 is 0 Å². The molecule has 0 N–H and O–H groups in total. The Morgan fingerprint density at radius 3 is 1.80 bits per heavy atom. The van der Waals surface area contributed by atoms with Crippen LogP contribution in [-0.4, -0.2) is 12.6 Å². The molecule has 0 radical (unpaired) electrons. The first-order chi connectivity index (χ1) is 21.8. The van der Waals surface area contributed by atoms with Crippen molar-refractivity contribution in [3.05, 3.63) is 144 Å². The molecule has 0 saturated heterocycles. The quantitative estimate of drug-likeness (QED) is 0.0767. The van der Waals surface area contributed by atoms with Gasteiger partial charge in [-0.2, -0.15) is 0 Å². The van der Waals surface area contributed by atoms with Crippen molar-refractivity contribution in [2.45, 2.75) is 45.4 Å². The van der Waals surface area contributed by atoms with Crippen molar-refractivity contribution in [3.8, 4) is 33.4 Å². The van der Waals surface area contributed by atoms with E-state index in [9.17, 15) is 4.79 Å². The average molecular weight is 587 g/mol. The number of hydrogen-bond acceptors (Lipinski definition) is 2. The first-order valence-corrected chi connectivity index (χ1v) is 15.9. The van der Waals surface area contributed by atoms with Crippen LogP contribution in [0, 0.1) is 0 Å². The minimum Gasteiger partial charge on any atom is -0.462 e. The molecular formula is C43H38O2. The fraction of sp³-hybridized carbons (Fsp3) is 0.186. The van der Waals surface area contributed by atoms with Crippen LogP contribution in [0.2, 0.25) is 0 Å². The zero-order chi connectivity index (χ0) is 31.1. The number of hydrogen-bond donors (Lipinski definition) is 0. The monoisotopic (exact) mass is 586 g/mol. The van der Waals surface area contributed by atoms with Crippen LogP contribution in [0.3, 0.4) is 0 Å². The molecule has 6 aromatic carbocycles. The number of esters is 1. The Morgan fingerprint density at radius 2 is 1.18 bits per heavy atom. The molecule has 222 valence electrons. The zero-order valence-electron chi connectivity index (χ0n) is 26.3. The van der Waals surface area contributed by atoms with Gasteiger partial charge < -0.3 is 4.74 Å². The Bertz CT molecular complexity index is 2040. The van der Waals surface area contributed by atoms with Crippen LogP contribution < -0.4 is 0 Å². The molecule has 0 fully saturated rings. The Kier molecular flexibility index (Phi) is 7.37. The van der Waals surface area contributed by atoms with Gasteiger partial charge in [0.15, 0.2) is 0 Å². The van der Waals surface area contributed by atoms with E-state index in [1.165, 1.54) is 71.6 Å². The largest absolute Gasteiger partial charge is 0.462 e. The molecule has 0 aromatic heterocycles. The summed E-state index contributed by atoms with van der Waals surface area (Å²) in [6, 6.07) is 42.7. The predicted octanol–water partition coefficient (Wildman–Crippen LogP) is 11.1. The highest BCUT2D eigenvalue weighted by atomic mass is 16.5. The lowest BCUT2D eigenvalue weighted by Gasteiger charge is -2.23. The summed E-state index contributed by atoms with van der Waals surface area (Å²) in [5.74, 6) is -0.310. The standard InChI is InChI=1S/C43H38O2/c1-28(2)42(44)45-26-12-11-13-29-20-22-30(23-21-29)40-34-15-5-7-17-36(34)41(37-18-8-6-16-35(37)40)31-24-25-33-32-14-9-10-19-38(32)43(3,4)39(33)27-31/h5-10,14-25,27H,1,11-13,26H2,2-4H3. The number of ether oxygens (including phenoxy) is 1. The normalized spacial score (nSPS) is 13.0. The van der Waals surface area contributed by atoms with E-state index in [4.69, 9.17) is 4.74 Å². The van der Waals surface area contributed by atoms with Crippen molar-refractivity contribution in [1.29, 1.82) is 0 Å². The lowest BCUT2D eigenvalue weighted by molar-refractivity contribution is -0.139. The molecule has 1 aliphatic carbocycles. The summed E-state index contributed by atoms with van der Waals surface area (Å²) in [7, 11) is 0. The Balaban J connectivity index is 1.27. The number of unbranched alkanes of at least 4 members (excludes halogenated alkanes) is 1. The average Bonchev–Trinajstić information content (AvgIpc) is 3.29. The SMILES string of the molecule is C=C(C)C(=O)OCCCCc1ccc(-c2c3ccccc3c(-c3ccc4c(c3)C(C)(C)c3ccccc3-4)c3ccccc23)cc1. The molecule has 2 heteroatoms. The molecule has 45 heavy (non-hydrogen) atoms. The predicted molar refractivity (Wildman–Crippen MR) is 189 cm³/mol. The maximum atomic E-state index is 11.6.